The van der Waals surface area contributed by atoms with Gasteiger partial charge in [0.1, 0.15) is 0 Å². The number of para-hydroxylation sites is 1. The van der Waals surface area contributed by atoms with Crippen LogP contribution in [0.4, 0.5) is 5.69 Å². The third kappa shape index (κ3) is 2.60. The van der Waals surface area contributed by atoms with Crippen LogP contribution in [0.25, 0.3) is 0 Å². The van der Waals surface area contributed by atoms with Gasteiger partial charge in [-0.3, -0.25) is 19.6 Å². The molecule has 2 aromatic rings. The maximum absolute atomic E-state index is 10.8. The molecule has 0 atom stereocenters. The number of aldehydes is 1. The summed E-state index contributed by atoms with van der Waals surface area (Å²) >= 11 is 0. The van der Waals surface area contributed by atoms with Gasteiger partial charge >= 0.3 is 0 Å². The van der Waals surface area contributed by atoms with Crippen LogP contribution in [-0.2, 0) is 13.0 Å². The number of rotatable bonds is 5. The maximum atomic E-state index is 10.8. The van der Waals surface area contributed by atoms with Gasteiger partial charge in [0.25, 0.3) is 5.69 Å². The topological polar surface area (TPSA) is 78.0 Å². The molecule has 0 unspecified atom stereocenters. The van der Waals surface area contributed by atoms with Crippen LogP contribution >= 0.6 is 0 Å². The average molecular weight is 245 g/mol. The van der Waals surface area contributed by atoms with Crippen molar-refractivity contribution >= 4 is 12.0 Å². The number of carbonyl (C=O) groups is 1. The zero-order chi connectivity index (χ0) is 13.0. The standard InChI is InChI=1S/C12H11N3O3/c16-9-10-7-13-14(8-10)6-5-11-3-1-2-4-12(11)15(17)18/h1-4,7-9H,5-6H2. The van der Waals surface area contributed by atoms with E-state index in [0.29, 0.717) is 30.4 Å². The predicted molar refractivity (Wildman–Crippen MR) is 64.4 cm³/mol. The molecule has 0 aliphatic rings. The fourth-order valence-electron chi connectivity index (χ4n) is 1.70. The van der Waals surface area contributed by atoms with Gasteiger partial charge in [-0.25, -0.2) is 0 Å². The highest BCUT2D eigenvalue weighted by Gasteiger charge is 2.11. The molecule has 6 nitrogen and oxygen atoms in total. The first-order valence-electron chi connectivity index (χ1n) is 5.40. The third-order valence-electron chi connectivity index (χ3n) is 2.59. The summed E-state index contributed by atoms with van der Waals surface area (Å²) in [5.74, 6) is 0. The second kappa shape index (κ2) is 5.22. The number of hydrogen-bond donors (Lipinski definition) is 0. The zero-order valence-corrected chi connectivity index (χ0v) is 9.52. The van der Waals surface area contributed by atoms with E-state index in [-0.39, 0.29) is 5.69 Å². The average Bonchev–Trinajstić information content (AvgIpc) is 2.84. The minimum Gasteiger partial charge on any atom is -0.298 e. The van der Waals surface area contributed by atoms with Gasteiger partial charge in [0.15, 0.2) is 6.29 Å². The number of benzene rings is 1. The lowest BCUT2D eigenvalue weighted by atomic mass is 10.1. The fourth-order valence-corrected chi connectivity index (χ4v) is 1.70. The van der Waals surface area contributed by atoms with Gasteiger partial charge in [-0.1, -0.05) is 18.2 Å². The molecule has 0 bridgehead atoms. The summed E-state index contributed by atoms with van der Waals surface area (Å²) in [6.07, 6.45) is 4.29. The largest absolute Gasteiger partial charge is 0.298 e. The Bertz CT molecular complexity index is 577. The molecule has 6 heteroatoms. The molecule has 1 aromatic carbocycles. The highest BCUT2D eigenvalue weighted by Crippen LogP contribution is 2.18. The Morgan fingerprint density at radius 3 is 2.83 bits per heavy atom. The van der Waals surface area contributed by atoms with Crippen molar-refractivity contribution in [3.8, 4) is 0 Å². The minimum absolute atomic E-state index is 0.111. The molecule has 2 rings (SSSR count). The van der Waals surface area contributed by atoms with Gasteiger partial charge in [-0.05, 0) is 6.42 Å². The Morgan fingerprint density at radius 2 is 2.17 bits per heavy atom. The van der Waals surface area contributed by atoms with Gasteiger partial charge in [-0.15, -0.1) is 0 Å². The first-order valence-corrected chi connectivity index (χ1v) is 5.40. The van der Waals surface area contributed by atoms with E-state index in [1.165, 1.54) is 12.3 Å². The molecule has 0 amide bonds. The van der Waals surface area contributed by atoms with Crippen LogP contribution < -0.4 is 0 Å². The van der Waals surface area contributed by atoms with Crippen LogP contribution in [0.15, 0.2) is 36.7 Å². The van der Waals surface area contributed by atoms with Gasteiger partial charge in [0.2, 0.25) is 0 Å². The summed E-state index contributed by atoms with van der Waals surface area (Å²) in [6, 6.07) is 6.61. The summed E-state index contributed by atoms with van der Waals surface area (Å²) in [5, 5.41) is 14.8. The molecule has 0 radical (unpaired) electrons. The summed E-state index contributed by atoms with van der Waals surface area (Å²) < 4.78 is 1.60. The molecule has 92 valence electrons. The van der Waals surface area contributed by atoms with E-state index in [2.05, 4.69) is 5.10 Å². The van der Waals surface area contributed by atoms with Gasteiger partial charge < -0.3 is 0 Å². The number of aromatic nitrogens is 2. The third-order valence-corrected chi connectivity index (χ3v) is 2.59. The van der Waals surface area contributed by atoms with Crippen molar-refractivity contribution in [1.29, 1.82) is 0 Å². The van der Waals surface area contributed by atoms with Crippen molar-refractivity contribution in [3.63, 3.8) is 0 Å². The molecule has 0 spiro atoms. The van der Waals surface area contributed by atoms with Crippen LogP contribution in [0.1, 0.15) is 15.9 Å². The van der Waals surface area contributed by atoms with E-state index >= 15 is 0 Å². The van der Waals surface area contributed by atoms with Crippen molar-refractivity contribution in [2.45, 2.75) is 13.0 Å². The van der Waals surface area contributed by atoms with Crippen molar-refractivity contribution in [2.75, 3.05) is 0 Å². The van der Waals surface area contributed by atoms with E-state index in [1.54, 1.807) is 29.1 Å². The smallest absolute Gasteiger partial charge is 0.272 e. The van der Waals surface area contributed by atoms with Gasteiger partial charge in [0.05, 0.1) is 16.7 Å². The van der Waals surface area contributed by atoms with Crippen LogP contribution in [0, 0.1) is 10.1 Å². The fraction of sp³-hybridized carbons (Fsp3) is 0.167. The summed E-state index contributed by atoms with van der Waals surface area (Å²) in [6.45, 7) is 0.499. The number of hydrogen-bond acceptors (Lipinski definition) is 4. The molecule has 0 fully saturated rings. The highest BCUT2D eigenvalue weighted by molar-refractivity contribution is 5.73. The second-order valence-electron chi connectivity index (χ2n) is 3.79. The van der Waals surface area contributed by atoms with E-state index in [9.17, 15) is 14.9 Å². The number of nitrogens with zero attached hydrogens (tertiary/aromatic N) is 3. The van der Waals surface area contributed by atoms with Crippen molar-refractivity contribution in [1.82, 2.24) is 9.78 Å². The van der Waals surface area contributed by atoms with E-state index in [4.69, 9.17) is 0 Å². The van der Waals surface area contributed by atoms with Gasteiger partial charge in [-0.2, -0.15) is 5.10 Å². The molecule has 0 aliphatic carbocycles. The lowest BCUT2D eigenvalue weighted by molar-refractivity contribution is -0.385. The van der Waals surface area contributed by atoms with Crippen molar-refractivity contribution in [2.24, 2.45) is 0 Å². The number of carbonyl (C=O) groups excluding carboxylic acids is 1. The van der Waals surface area contributed by atoms with Crippen molar-refractivity contribution in [3.05, 3.63) is 57.9 Å². The number of nitro groups is 1. The Labute approximate surface area is 103 Å². The Kier molecular flexibility index (Phi) is 3.47. The molecule has 18 heavy (non-hydrogen) atoms. The monoisotopic (exact) mass is 245 g/mol. The van der Waals surface area contributed by atoms with Crippen LogP contribution in [0.3, 0.4) is 0 Å². The molecule has 0 N–H and O–H groups in total. The highest BCUT2D eigenvalue weighted by atomic mass is 16.6. The van der Waals surface area contributed by atoms with E-state index < -0.39 is 4.92 Å². The van der Waals surface area contributed by atoms with Crippen molar-refractivity contribution < 1.29 is 9.72 Å². The molecule has 0 saturated heterocycles. The Morgan fingerprint density at radius 1 is 1.39 bits per heavy atom. The zero-order valence-electron chi connectivity index (χ0n) is 9.52. The molecule has 0 saturated carbocycles. The van der Waals surface area contributed by atoms with Crippen LogP contribution in [-0.4, -0.2) is 21.0 Å². The number of aryl methyl sites for hydroxylation is 2. The summed E-state index contributed by atoms with van der Waals surface area (Å²) in [7, 11) is 0. The predicted octanol–water partition coefficient (Wildman–Crippen LogP) is 1.85. The maximum Gasteiger partial charge on any atom is 0.272 e. The Balaban J connectivity index is 2.10. The van der Waals surface area contributed by atoms with Crippen LogP contribution in [0.2, 0.25) is 0 Å². The first-order chi connectivity index (χ1) is 8.70. The SMILES string of the molecule is O=Cc1cnn(CCc2ccccc2[N+](=O)[O-])c1. The molecule has 1 heterocycles. The summed E-state index contributed by atoms with van der Waals surface area (Å²) in [4.78, 5) is 20.9. The molecule has 1 aromatic heterocycles. The lowest BCUT2D eigenvalue weighted by Crippen LogP contribution is -2.03. The Hall–Kier alpha value is -2.50. The molecule has 0 aliphatic heterocycles. The quantitative estimate of drug-likeness (QED) is 0.457. The minimum atomic E-state index is -0.394. The summed E-state index contributed by atoms with van der Waals surface area (Å²) in [5.41, 5.74) is 1.27. The van der Waals surface area contributed by atoms with E-state index in [0.717, 1.165) is 0 Å². The number of nitro benzene ring substituents is 1. The first kappa shape index (κ1) is 12.0. The van der Waals surface area contributed by atoms with E-state index in [1.807, 2.05) is 0 Å². The van der Waals surface area contributed by atoms with Crippen LogP contribution in [0.5, 0.6) is 0 Å². The second-order valence-corrected chi connectivity index (χ2v) is 3.79. The van der Waals surface area contributed by atoms with Gasteiger partial charge in [0, 0.05) is 24.4 Å². The molecular formula is C12H11N3O3. The lowest BCUT2D eigenvalue weighted by Gasteiger charge is -2.03. The molecular weight excluding hydrogens is 234 g/mol. The normalized spacial score (nSPS) is 10.2.